The van der Waals surface area contributed by atoms with E-state index in [2.05, 4.69) is 5.32 Å². The monoisotopic (exact) mass is 459 g/mol. The summed E-state index contributed by atoms with van der Waals surface area (Å²) in [7, 11) is 3.25. The molecule has 0 saturated heterocycles. The Morgan fingerprint density at radius 2 is 1.76 bits per heavy atom. The Bertz CT molecular complexity index is 1320. The fourth-order valence-corrected chi connectivity index (χ4v) is 4.43. The van der Waals surface area contributed by atoms with Crippen molar-refractivity contribution >= 4 is 23.3 Å². The summed E-state index contributed by atoms with van der Waals surface area (Å²) >= 11 is 6.15. The third kappa shape index (κ3) is 3.83. The zero-order valence-electron chi connectivity index (χ0n) is 18.2. The van der Waals surface area contributed by atoms with Crippen LogP contribution in [0.4, 0.5) is 5.82 Å². The van der Waals surface area contributed by atoms with Crippen molar-refractivity contribution in [3.05, 3.63) is 88.9 Å². The molecule has 7 heteroatoms. The van der Waals surface area contributed by atoms with Gasteiger partial charge in [0.1, 0.15) is 17.3 Å². The number of halogens is 1. The van der Waals surface area contributed by atoms with E-state index in [0.717, 1.165) is 28.1 Å². The zero-order chi connectivity index (χ0) is 22.9. The summed E-state index contributed by atoms with van der Waals surface area (Å²) in [6.07, 6.45) is 0.262. The molecule has 1 amide bonds. The molecule has 5 rings (SSSR count). The van der Waals surface area contributed by atoms with Crippen LogP contribution in [0.1, 0.15) is 23.5 Å². The van der Waals surface area contributed by atoms with Crippen molar-refractivity contribution in [2.24, 2.45) is 0 Å². The Kier molecular flexibility index (Phi) is 5.52. The molecule has 4 aromatic rings. The highest BCUT2D eigenvalue weighted by molar-refractivity contribution is 6.30. The Labute approximate surface area is 196 Å². The highest BCUT2D eigenvalue weighted by Crippen LogP contribution is 2.47. The van der Waals surface area contributed by atoms with Crippen LogP contribution >= 0.6 is 11.6 Å². The molecule has 0 spiro atoms. The standard InChI is InChI=1S/C26H22ClN3O3/c1-32-19-12-13-22(33-2)20(14-19)21-15-23(31)28-26-24(21)25(16-8-10-17(27)11-9-16)29-30(26)18-6-4-3-5-7-18/h3-14,21H,15H2,1-2H3,(H,28,31)/t21-/m1/s1. The number of carbonyl (C=O) groups is 1. The number of hydrogen-bond donors (Lipinski definition) is 1. The number of benzene rings is 3. The summed E-state index contributed by atoms with van der Waals surface area (Å²) in [5.74, 6) is 1.68. The van der Waals surface area contributed by atoms with Crippen molar-refractivity contribution in [1.82, 2.24) is 9.78 Å². The minimum atomic E-state index is -0.276. The van der Waals surface area contributed by atoms with E-state index >= 15 is 0 Å². The van der Waals surface area contributed by atoms with Crippen molar-refractivity contribution < 1.29 is 14.3 Å². The van der Waals surface area contributed by atoms with Crippen molar-refractivity contribution in [1.29, 1.82) is 0 Å². The number of para-hydroxylation sites is 1. The molecule has 33 heavy (non-hydrogen) atoms. The van der Waals surface area contributed by atoms with Crippen LogP contribution < -0.4 is 14.8 Å². The molecule has 3 aromatic carbocycles. The van der Waals surface area contributed by atoms with Crippen LogP contribution in [-0.2, 0) is 4.79 Å². The van der Waals surface area contributed by atoms with Gasteiger partial charge >= 0.3 is 0 Å². The molecular weight excluding hydrogens is 438 g/mol. The number of nitrogens with zero attached hydrogens (tertiary/aromatic N) is 2. The van der Waals surface area contributed by atoms with E-state index in [9.17, 15) is 4.79 Å². The van der Waals surface area contributed by atoms with Crippen molar-refractivity contribution in [3.63, 3.8) is 0 Å². The molecule has 0 aliphatic carbocycles. The maximum Gasteiger partial charge on any atom is 0.226 e. The number of methoxy groups -OCH3 is 2. The number of hydrogen-bond acceptors (Lipinski definition) is 4. The van der Waals surface area contributed by atoms with Crippen LogP contribution in [-0.4, -0.2) is 29.9 Å². The highest BCUT2D eigenvalue weighted by atomic mass is 35.5. The number of carbonyl (C=O) groups excluding carboxylic acids is 1. The van der Waals surface area contributed by atoms with Crippen LogP contribution in [0.25, 0.3) is 16.9 Å². The summed E-state index contributed by atoms with van der Waals surface area (Å²) in [5, 5.41) is 8.66. The molecular formula is C26H22ClN3O3. The predicted octanol–water partition coefficient (Wildman–Crippen LogP) is 5.68. The first-order valence-electron chi connectivity index (χ1n) is 10.5. The van der Waals surface area contributed by atoms with Crippen molar-refractivity contribution in [3.8, 4) is 28.4 Å². The SMILES string of the molecule is COc1ccc(OC)c([C@H]2CC(=O)Nc3c2c(-c2ccc(Cl)cc2)nn3-c2ccccc2)c1. The van der Waals surface area contributed by atoms with Crippen LogP contribution in [0, 0.1) is 0 Å². The lowest BCUT2D eigenvalue weighted by Gasteiger charge is -2.26. The minimum absolute atomic E-state index is 0.0860. The number of nitrogens with one attached hydrogen (secondary N) is 1. The largest absolute Gasteiger partial charge is 0.497 e. The molecule has 1 aliphatic rings. The fraction of sp³-hybridized carbons (Fsp3) is 0.154. The molecule has 0 radical (unpaired) electrons. The molecule has 6 nitrogen and oxygen atoms in total. The Morgan fingerprint density at radius 1 is 1.00 bits per heavy atom. The van der Waals surface area contributed by atoms with E-state index in [1.54, 1.807) is 18.9 Å². The molecule has 0 fully saturated rings. The first-order valence-corrected chi connectivity index (χ1v) is 10.9. The molecule has 1 N–H and O–H groups in total. The smallest absolute Gasteiger partial charge is 0.226 e. The fourth-order valence-electron chi connectivity index (χ4n) is 4.31. The molecule has 0 unspecified atom stereocenters. The quantitative estimate of drug-likeness (QED) is 0.416. The van der Waals surface area contributed by atoms with Gasteiger partial charge in [-0.1, -0.05) is 41.9 Å². The van der Waals surface area contributed by atoms with E-state index in [-0.39, 0.29) is 18.2 Å². The average Bonchev–Trinajstić information content (AvgIpc) is 3.23. The summed E-state index contributed by atoms with van der Waals surface area (Å²) in [6.45, 7) is 0. The number of anilines is 1. The Balaban J connectivity index is 1.79. The van der Waals surface area contributed by atoms with E-state index in [1.807, 2.05) is 72.8 Å². The predicted molar refractivity (Wildman–Crippen MR) is 129 cm³/mol. The molecule has 1 aromatic heterocycles. The lowest BCUT2D eigenvalue weighted by atomic mass is 9.83. The second-order valence-corrected chi connectivity index (χ2v) is 8.21. The maximum atomic E-state index is 12.9. The summed E-state index contributed by atoms with van der Waals surface area (Å²) in [6, 6.07) is 23.0. The zero-order valence-corrected chi connectivity index (χ0v) is 19.0. The van der Waals surface area contributed by atoms with Gasteiger partial charge < -0.3 is 14.8 Å². The first-order chi connectivity index (χ1) is 16.1. The number of amides is 1. The number of aromatic nitrogens is 2. The first kappa shape index (κ1) is 21.1. The van der Waals surface area contributed by atoms with Gasteiger partial charge in [0.25, 0.3) is 0 Å². The molecule has 1 atom stereocenters. The van der Waals surface area contributed by atoms with Crippen LogP contribution in [0.3, 0.4) is 0 Å². The van der Waals surface area contributed by atoms with Crippen LogP contribution in [0.2, 0.25) is 5.02 Å². The van der Waals surface area contributed by atoms with Gasteiger partial charge in [0.2, 0.25) is 5.91 Å². The van der Waals surface area contributed by atoms with Crippen LogP contribution in [0.5, 0.6) is 11.5 Å². The number of ether oxygens (including phenoxy) is 2. The van der Waals surface area contributed by atoms with E-state index in [4.69, 9.17) is 26.2 Å². The second kappa shape index (κ2) is 8.64. The highest BCUT2D eigenvalue weighted by Gasteiger charge is 2.36. The van der Waals surface area contributed by atoms with E-state index in [0.29, 0.717) is 22.3 Å². The molecule has 166 valence electrons. The van der Waals surface area contributed by atoms with Gasteiger partial charge in [0.05, 0.1) is 25.6 Å². The lowest BCUT2D eigenvalue weighted by Crippen LogP contribution is -2.25. The average molecular weight is 460 g/mol. The van der Waals surface area contributed by atoms with Crippen molar-refractivity contribution in [2.45, 2.75) is 12.3 Å². The van der Waals surface area contributed by atoms with Gasteiger partial charge in [-0.3, -0.25) is 4.79 Å². The third-order valence-corrected chi connectivity index (χ3v) is 6.10. The summed E-state index contributed by atoms with van der Waals surface area (Å²) in [4.78, 5) is 12.9. The van der Waals surface area contributed by atoms with Gasteiger partial charge in [-0.05, 0) is 42.5 Å². The van der Waals surface area contributed by atoms with E-state index in [1.165, 1.54) is 0 Å². The summed E-state index contributed by atoms with van der Waals surface area (Å²) < 4.78 is 12.9. The minimum Gasteiger partial charge on any atom is -0.497 e. The molecule has 0 saturated carbocycles. The van der Waals surface area contributed by atoms with Gasteiger partial charge in [-0.15, -0.1) is 0 Å². The van der Waals surface area contributed by atoms with Gasteiger partial charge in [-0.25, -0.2) is 4.68 Å². The Hall–Kier alpha value is -3.77. The molecule has 1 aliphatic heterocycles. The lowest BCUT2D eigenvalue weighted by molar-refractivity contribution is -0.116. The molecule has 2 heterocycles. The topological polar surface area (TPSA) is 65.4 Å². The second-order valence-electron chi connectivity index (χ2n) is 7.78. The number of fused-ring (bicyclic) bond motifs is 1. The van der Waals surface area contributed by atoms with Gasteiger partial charge in [-0.2, -0.15) is 5.10 Å². The number of rotatable bonds is 5. The maximum absolute atomic E-state index is 12.9. The van der Waals surface area contributed by atoms with E-state index < -0.39 is 0 Å². The normalized spacial score (nSPS) is 15.0. The molecule has 0 bridgehead atoms. The Morgan fingerprint density at radius 3 is 2.45 bits per heavy atom. The van der Waals surface area contributed by atoms with Gasteiger partial charge in [0, 0.05) is 34.1 Å². The van der Waals surface area contributed by atoms with Gasteiger partial charge in [0.15, 0.2) is 0 Å². The summed E-state index contributed by atoms with van der Waals surface area (Å²) in [5.41, 5.74) is 4.34. The third-order valence-electron chi connectivity index (χ3n) is 5.85. The van der Waals surface area contributed by atoms with Crippen LogP contribution in [0.15, 0.2) is 72.8 Å². The van der Waals surface area contributed by atoms with Crippen molar-refractivity contribution in [2.75, 3.05) is 19.5 Å².